The largest absolute Gasteiger partial charge is 0.358 e. The van der Waals surface area contributed by atoms with Crippen LogP contribution in [0.1, 0.15) is 5.56 Å². The highest BCUT2D eigenvalue weighted by atomic mass is 32.1. The van der Waals surface area contributed by atoms with Gasteiger partial charge in [-0.15, -0.1) is 11.3 Å². The Morgan fingerprint density at radius 1 is 1.08 bits per heavy atom. The standard InChI is InChI=1S/C20H17N3S/c1-14(13-16-7-4-6-15-5-2-3-8-17(15)16)22-18-10-12-24-20(18)19-9-11-21-23-19/h2-12,22H,1,13H2,(H,21,23). The fraction of sp³-hybridized carbons (Fsp3) is 0.0500. The third-order valence-corrected chi connectivity index (χ3v) is 4.93. The molecule has 118 valence electrons. The first kappa shape index (κ1) is 14.7. The van der Waals surface area contributed by atoms with Gasteiger partial charge in [-0.3, -0.25) is 5.10 Å². The van der Waals surface area contributed by atoms with Crippen molar-refractivity contribution in [2.24, 2.45) is 0 Å². The lowest BCUT2D eigenvalue weighted by Crippen LogP contribution is -2.02. The quantitative estimate of drug-likeness (QED) is 0.510. The van der Waals surface area contributed by atoms with Crippen LogP contribution in [0.25, 0.3) is 21.3 Å². The first-order valence-corrected chi connectivity index (χ1v) is 8.68. The summed E-state index contributed by atoms with van der Waals surface area (Å²) >= 11 is 1.67. The highest BCUT2D eigenvalue weighted by Crippen LogP contribution is 2.33. The molecule has 0 aliphatic heterocycles. The number of H-pyrrole nitrogens is 1. The summed E-state index contributed by atoms with van der Waals surface area (Å²) in [6, 6.07) is 18.9. The van der Waals surface area contributed by atoms with Crippen molar-refractivity contribution in [1.82, 2.24) is 10.2 Å². The third kappa shape index (κ3) is 2.84. The number of benzene rings is 2. The van der Waals surface area contributed by atoms with Crippen LogP contribution in [0.15, 0.2) is 78.5 Å². The number of hydrogen-bond acceptors (Lipinski definition) is 3. The van der Waals surface area contributed by atoms with Crippen molar-refractivity contribution in [3.63, 3.8) is 0 Å². The maximum atomic E-state index is 4.27. The normalized spacial score (nSPS) is 10.8. The predicted molar refractivity (Wildman–Crippen MR) is 102 cm³/mol. The number of fused-ring (bicyclic) bond motifs is 1. The molecule has 4 rings (SSSR count). The van der Waals surface area contributed by atoms with Crippen LogP contribution in [0.4, 0.5) is 5.69 Å². The number of allylic oxidation sites excluding steroid dienone is 1. The number of aromatic nitrogens is 2. The molecule has 4 aromatic rings. The van der Waals surface area contributed by atoms with Crippen molar-refractivity contribution < 1.29 is 0 Å². The number of aromatic amines is 1. The molecule has 0 atom stereocenters. The van der Waals surface area contributed by atoms with Crippen LogP contribution in [0.3, 0.4) is 0 Å². The van der Waals surface area contributed by atoms with Gasteiger partial charge in [-0.25, -0.2) is 0 Å². The molecule has 0 aliphatic carbocycles. The van der Waals surface area contributed by atoms with Gasteiger partial charge < -0.3 is 5.32 Å². The molecule has 0 bridgehead atoms. The lowest BCUT2D eigenvalue weighted by atomic mass is 10.0. The van der Waals surface area contributed by atoms with E-state index in [9.17, 15) is 0 Å². The van der Waals surface area contributed by atoms with E-state index >= 15 is 0 Å². The number of nitrogens with one attached hydrogen (secondary N) is 2. The molecular weight excluding hydrogens is 314 g/mol. The van der Waals surface area contributed by atoms with Gasteiger partial charge in [-0.2, -0.15) is 5.10 Å². The highest BCUT2D eigenvalue weighted by Gasteiger charge is 2.10. The second-order valence-corrected chi connectivity index (χ2v) is 6.58. The minimum Gasteiger partial charge on any atom is -0.358 e. The highest BCUT2D eigenvalue weighted by molar-refractivity contribution is 7.14. The summed E-state index contributed by atoms with van der Waals surface area (Å²) in [6.45, 7) is 4.22. The van der Waals surface area contributed by atoms with Crippen molar-refractivity contribution in [2.75, 3.05) is 5.32 Å². The summed E-state index contributed by atoms with van der Waals surface area (Å²) in [5.74, 6) is 0. The number of rotatable bonds is 5. The average molecular weight is 331 g/mol. The van der Waals surface area contributed by atoms with Gasteiger partial charge in [-0.1, -0.05) is 49.0 Å². The van der Waals surface area contributed by atoms with E-state index in [4.69, 9.17) is 0 Å². The zero-order valence-corrected chi connectivity index (χ0v) is 13.9. The molecule has 2 N–H and O–H groups in total. The van der Waals surface area contributed by atoms with E-state index in [0.717, 1.165) is 28.4 Å². The Morgan fingerprint density at radius 2 is 1.96 bits per heavy atom. The monoisotopic (exact) mass is 331 g/mol. The van der Waals surface area contributed by atoms with Crippen molar-refractivity contribution in [1.29, 1.82) is 0 Å². The molecule has 0 radical (unpaired) electrons. The van der Waals surface area contributed by atoms with Gasteiger partial charge in [0, 0.05) is 18.3 Å². The van der Waals surface area contributed by atoms with E-state index in [1.54, 1.807) is 11.3 Å². The van der Waals surface area contributed by atoms with E-state index < -0.39 is 0 Å². The van der Waals surface area contributed by atoms with Crippen LogP contribution in [0.2, 0.25) is 0 Å². The van der Waals surface area contributed by atoms with E-state index in [0.29, 0.717) is 0 Å². The third-order valence-electron chi connectivity index (χ3n) is 3.99. The second-order valence-electron chi connectivity index (χ2n) is 5.67. The van der Waals surface area contributed by atoms with E-state index in [-0.39, 0.29) is 0 Å². The summed E-state index contributed by atoms with van der Waals surface area (Å²) in [6.07, 6.45) is 2.63. The van der Waals surface area contributed by atoms with Crippen LogP contribution in [0, 0.1) is 0 Å². The Labute approximate surface area is 144 Å². The molecular formula is C20H17N3S. The first-order chi connectivity index (χ1) is 11.8. The fourth-order valence-corrected chi connectivity index (χ4v) is 3.72. The van der Waals surface area contributed by atoms with Crippen LogP contribution < -0.4 is 5.32 Å². The number of hydrogen-bond donors (Lipinski definition) is 2. The molecule has 24 heavy (non-hydrogen) atoms. The molecule has 4 heteroatoms. The minimum atomic E-state index is 0.789. The van der Waals surface area contributed by atoms with Crippen molar-refractivity contribution in [3.05, 3.63) is 84.0 Å². The molecule has 2 aromatic carbocycles. The second kappa shape index (κ2) is 6.34. The Bertz CT molecular complexity index is 978. The number of anilines is 1. The minimum absolute atomic E-state index is 0.789. The van der Waals surface area contributed by atoms with Gasteiger partial charge in [0.2, 0.25) is 0 Å². The van der Waals surface area contributed by atoms with Crippen molar-refractivity contribution in [3.8, 4) is 10.6 Å². The van der Waals surface area contributed by atoms with E-state index in [2.05, 4.69) is 76.0 Å². The molecule has 0 fully saturated rings. The Morgan fingerprint density at radius 3 is 2.83 bits per heavy atom. The molecule has 2 heterocycles. The van der Waals surface area contributed by atoms with Gasteiger partial charge in [0.15, 0.2) is 0 Å². The predicted octanol–water partition coefficient (Wildman–Crippen LogP) is 5.46. The van der Waals surface area contributed by atoms with E-state index in [1.807, 2.05) is 12.3 Å². The molecule has 0 spiro atoms. The summed E-state index contributed by atoms with van der Waals surface area (Å²) in [5.41, 5.74) is 4.26. The first-order valence-electron chi connectivity index (χ1n) is 7.80. The van der Waals surface area contributed by atoms with Gasteiger partial charge in [0.1, 0.15) is 5.69 Å². The average Bonchev–Trinajstić information content (AvgIpc) is 3.26. The molecule has 0 saturated heterocycles. The van der Waals surface area contributed by atoms with Gasteiger partial charge in [0.25, 0.3) is 0 Å². The van der Waals surface area contributed by atoms with Crippen LogP contribution >= 0.6 is 11.3 Å². The summed E-state index contributed by atoms with van der Waals surface area (Å²) in [5, 5.41) is 15.2. The Balaban J connectivity index is 1.57. The molecule has 2 aromatic heterocycles. The summed E-state index contributed by atoms with van der Waals surface area (Å²) < 4.78 is 0. The van der Waals surface area contributed by atoms with Crippen LogP contribution in [-0.2, 0) is 6.42 Å². The lowest BCUT2D eigenvalue weighted by Gasteiger charge is -2.12. The van der Waals surface area contributed by atoms with Crippen molar-refractivity contribution in [2.45, 2.75) is 6.42 Å². The molecule has 0 unspecified atom stereocenters. The zero-order chi connectivity index (χ0) is 16.4. The topological polar surface area (TPSA) is 40.7 Å². The molecule has 0 amide bonds. The van der Waals surface area contributed by atoms with Crippen LogP contribution in [0.5, 0.6) is 0 Å². The lowest BCUT2D eigenvalue weighted by molar-refractivity contribution is 1.10. The van der Waals surface area contributed by atoms with E-state index in [1.165, 1.54) is 16.3 Å². The maximum absolute atomic E-state index is 4.27. The number of nitrogens with zero attached hydrogens (tertiary/aromatic N) is 1. The Kier molecular flexibility index (Phi) is 3.89. The van der Waals surface area contributed by atoms with Gasteiger partial charge in [-0.05, 0) is 33.8 Å². The summed E-state index contributed by atoms with van der Waals surface area (Å²) in [4.78, 5) is 1.12. The number of thiophene rings is 1. The smallest absolute Gasteiger partial charge is 0.104 e. The van der Waals surface area contributed by atoms with Crippen LogP contribution in [-0.4, -0.2) is 10.2 Å². The van der Waals surface area contributed by atoms with Gasteiger partial charge in [0.05, 0.1) is 10.6 Å². The molecule has 0 aliphatic rings. The SMILES string of the molecule is C=C(Cc1cccc2ccccc12)Nc1ccsc1-c1cc[nH]n1. The fourth-order valence-electron chi connectivity index (χ4n) is 2.90. The van der Waals surface area contributed by atoms with Gasteiger partial charge >= 0.3 is 0 Å². The zero-order valence-electron chi connectivity index (χ0n) is 13.1. The maximum Gasteiger partial charge on any atom is 0.104 e. The molecule has 3 nitrogen and oxygen atoms in total. The summed E-state index contributed by atoms with van der Waals surface area (Å²) in [7, 11) is 0. The van der Waals surface area contributed by atoms with Crippen molar-refractivity contribution >= 4 is 27.8 Å². The Hall–Kier alpha value is -2.85. The molecule has 0 saturated carbocycles.